The number of nitrogens with one attached hydrogen (secondary N) is 3. The molecule has 3 amide bonds. The third-order valence-electron chi connectivity index (χ3n) is 11.4. The standard InChI is InChI=1S/C37H42F6N8O3/c38-36(39,40)26-17-21(18-27(31(26)44)37(41,42)43)19-29(33(52)49-13-7-23(8-14-49)22-5-11-45-12-6-22)47-34(53)50-15-9-24(10-16-50)51-30-20-46-28-4-2-1-3-25(28)32(30)48-35(51)54/h1-4,17-18,20,22-24,29,45H,5-16,19,44H2,(H,47,53)(H,48,54)/t29-/m1/s1. The maximum Gasteiger partial charge on any atom is 0.418 e. The predicted octanol–water partition coefficient (Wildman–Crippen LogP) is 5.69. The number of alkyl halides is 6. The fourth-order valence-electron chi connectivity index (χ4n) is 8.51. The largest absolute Gasteiger partial charge is 0.418 e. The Balaban J connectivity index is 1.10. The number of urea groups is 1. The second kappa shape index (κ2) is 14.8. The van der Waals surface area contributed by atoms with Crippen LogP contribution in [0.1, 0.15) is 61.3 Å². The third-order valence-corrected chi connectivity index (χ3v) is 11.4. The number of benzene rings is 2. The zero-order chi connectivity index (χ0) is 38.4. The van der Waals surface area contributed by atoms with Crippen molar-refractivity contribution in [3.05, 3.63) is 69.8 Å². The van der Waals surface area contributed by atoms with E-state index < -0.39 is 59.1 Å². The number of amides is 3. The van der Waals surface area contributed by atoms with Crippen LogP contribution in [0.2, 0.25) is 0 Å². The number of nitrogens with zero attached hydrogens (tertiary/aromatic N) is 4. The van der Waals surface area contributed by atoms with E-state index in [9.17, 15) is 40.7 Å². The number of aromatic nitrogens is 3. The van der Waals surface area contributed by atoms with Crippen LogP contribution in [-0.2, 0) is 23.6 Å². The van der Waals surface area contributed by atoms with E-state index in [0.717, 1.165) is 36.8 Å². The lowest BCUT2D eigenvalue weighted by Gasteiger charge is -2.39. The number of piperidine rings is 3. The lowest BCUT2D eigenvalue weighted by molar-refractivity contribution is -0.141. The van der Waals surface area contributed by atoms with Crippen molar-refractivity contribution >= 4 is 39.6 Å². The summed E-state index contributed by atoms with van der Waals surface area (Å²) in [6.45, 7) is 2.91. The van der Waals surface area contributed by atoms with Crippen molar-refractivity contribution in [2.45, 2.75) is 69.4 Å². The van der Waals surface area contributed by atoms with E-state index >= 15 is 0 Å². The number of H-pyrrole nitrogens is 1. The molecule has 2 aromatic carbocycles. The van der Waals surface area contributed by atoms with Gasteiger partial charge in [-0.15, -0.1) is 0 Å². The first kappa shape index (κ1) is 37.5. The van der Waals surface area contributed by atoms with Crippen LogP contribution in [0.15, 0.2) is 47.4 Å². The van der Waals surface area contributed by atoms with Gasteiger partial charge in [0, 0.05) is 44.0 Å². The molecule has 3 saturated heterocycles. The molecular formula is C37H42F6N8O3. The summed E-state index contributed by atoms with van der Waals surface area (Å²) >= 11 is 0. The first-order chi connectivity index (χ1) is 25.7. The van der Waals surface area contributed by atoms with Gasteiger partial charge in [0.2, 0.25) is 5.91 Å². The number of rotatable bonds is 6. The number of halogens is 6. The number of hydrogen-bond acceptors (Lipinski definition) is 6. The molecule has 11 nitrogen and oxygen atoms in total. The number of pyridine rings is 1. The third kappa shape index (κ3) is 7.59. The molecule has 2 aromatic heterocycles. The van der Waals surface area contributed by atoms with Crippen molar-refractivity contribution in [1.29, 1.82) is 0 Å². The summed E-state index contributed by atoms with van der Waals surface area (Å²) in [5.74, 6) is 0.324. The Morgan fingerprint density at radius 3 is 2.09 bits per heavy atom. The van der Waals surface area contributed by atoms with Gasteiger partial charge in [0.05, 0.1) is 39.6 Å². The summed E-state index contributed by atoms with van der Waals surface area (Å²) in [7, 11) is 0. The van der Waals surface area contributed by atoms with E-state index in [1.54, 1.807) is 15.7 Å². The molecule has 0 bridgehead atoms. The molecule has 4 aromatic rings. The summed E-state index contributed by atoms with van der Waals surface area (Å²) in [5, 5.41) is 6.79. The molecule has 0 spiro atoms. The quantitative estimate of drug-likeness (QED) is 0.147. The van der Waals surface area contributed by atoms with Gasteiger partial charge in [-0.2, -0.15) is 26.3 Å². The van der Waals surface area contributed by atoms with Gasteiger partial charge >= 0.3 is 24.1 Å². The van der Waals surface area contributed by atoms with Crippen molar-refractivity contribution in [2.75, 3.05) is 45.0 Å². The Morgan fingerprint density at radius 2 is 1.46 bits per heavy atom. The number of aromatic amines is 1. The molecular weight excluding hydrogens is 718 g/mol. The highest BCUT2D eigenvalue weighted by Crippen LogP contribution is 2.42. The fraction of sp³-hybridized carbons (Fsp3) is 0.514. The minimum Gasteiger partial charge on any atom is -0.398 e. The van der Waals surface area contributed by atoms with Crippen LogP contribution in [0.3, 0.4) is 0 Å². The van der Waals surface area contributed by atoms with Gasteiger partial charge < -0.3 is 31.2 Å². The van der Waals surface area contributed by atoms with Crippen LogP contribution in [0.4, 0.5) is 36.8 Å². The number of anilines is 1. The van der Waals surface area contributed by atoms with Crippen molar-refractivity contribution in [3.63, 3.8) is 0 Å². The van der Waals surface area contributed by atoms with Gasteiger partial charge in [-0.05, 0) is 87.2 Å². The number of para-hydroxylation sites is 1. The second-order valence-corrected chi connectivity index (χ2v) is 14.6. The zero-order valence-electron chi connectivity index (χ0n) is 29.4. The van der Waals surface area contributed by atoms with Crippen molar-refractivity contribution in [2.24, 2.45) is 11.8 Å². The highest BCUT2D eigenvalue weighted by atomic mass is 19.4. The lowest BCUT2D eigenvalue weighted by Crippen LogP contribution is -2.55. The molecule has 0 unspecified atom stereocenters. The fourth-order valence-corrected chi connectivity index (χ4v) is 8.51. The van der Waals surface area contributed by atoms with Gasteiger partial charge in [0.25, 0.3) is 0 Å². The van der Waals surface area contributed by atoms with E-state index in [0.29, 0.717) is 73.8 Å². The number of carbonyl (C=O) groups is 2. The smallest absolute Gasteiger partial charge is 0.398 e. The molecule has 3 fully saturated rings. The van der Waals surface area contributed by atoms with Gasteiger partial charge in [0.1, 0.15) is 6.04 Å². The first-order valence-electron chi connectivity index (χ1n) is 18.3. The van der Waals surface area contributed by atoms with E-state index in [1.165, 1.54) is 4.90 Å². The van der Waals surface area contributed by atoms with Crippen LogP contribution in [0.25, 0.3) is 21.9 Å². The zero-order valence-corrected chi connectivity index (χ0v) is 29.4. The summed E-state index contributed by atoms with van der Waals surface area (Å²) < 4.78 is 85.1. The minimum absolute atomic E-state index is 0.178. The predicted molar refractivity (Wildman–Crippen MR) is 189 cm³/mol. The molecule has 3 aliphatic rings. The molecule has 1 atom stereocenters. The molecule has 7 rings (SSSR count). The average Bonchev–Trinajstić information content (AvgIpc) is 3.50. The highest BCUT2D eigenvalue weighted by molar-refractivity contribution is 6.01. The van der Waals surface area contributed by atoms with Crippen molar-refractivity contribution < 1.29 is 35.9 Å². The Morgan fingerprint density at radius 1 is 0.870 bits per heavy atom. The second-order valence-electron chi connectivity index (χ2n) is 14.6. The van der Waals surface area contributed by atoms with Crippen LogP contribution in [-0.4, -0.2) is 81.6 Å². The van der Waals surface area contributed by atoms with E-state index in [1.807, 2.05) is 24.3 Å². The molecule has 54 heavy (non-hydrogen) atoms. The Bertz CT molecular complexity index is 2040. The topological polar surface area (TPSA) is 141 Å². The molecule has 290 valence electrons. The van der Waals surface area contributed by atoms with Gasteiger partial charge in [-0.25, -0.2) is 9.59 Å². The molecule has 0 saturated carbocycles. The molecule has 5 N–H and O–H groups in total. The molecule has 0 aliphatic carbocycles. The highest BCUT2D eigenvalue weighted by Gasteiger charge is 2.42. The summed E-state index contributed by atoms with van der Waals surface area (Å²) in [6.07, 6.45) is -5.16. The van der Waals surface area contributed by atoms with E-state index in [-0.39, 0.29) is 24.8 Å². The van der Waals surface area contributed by atoms with Crippen molar-refractivity contribution in [1.82, 2.24) is 35.0 Å². The Hall–Kier alpha value is -4.80. The SMILES string of the molecule is Nc1c(C(F)(F)F)cc(C[C@@H](NC(=O)N2CCC(n3c(=O)[nH]c4c5ccccc5ncc43)CC2)C(=O)N2CCC(C3CCNCC3)CC2)cc1C(F)(F)F. The number of imidazole rings is 1. The molecule has 5 heterocycles. The van der Waals surface area contributed by atoms with Crippen LogP contribution in [0, 0.1) is 11.8 Å². The number of fused-ring (bicyclic) bond motifs is 3. The molecule has 17 heteroatoms. The summed E-state index contributed by atoms with van der Waals surface area (Å²) in [5.41, 5.74) is 1.84. The average molecular weight is 761 g/mol. The number of nitrogens with two attached hydrogens (primary N) is 1. The Labute approximate surface area is 306 Å². The number of hydrogen-bond donors (Lipinski definition) is 4. The number of nitrogen functional groups attached to an aromatic ring is 1. The van der Waals surface area contributed by atoms with E-state index in [4.69, 9.17) is 5.73 Å². The first-order valence-corrected chi connectivity index (χ1v) is 18.3. The number of carbonyl (C=O) groups excluding carboxylic acids is 2. The number of likely N-dealkylation sites (tertiary alicyclic amines) is 2. The Kier molecular flexibility index (Phi) is 10.3. The maximum atomic E-state index is 14.1. The normalized spacial score (nSPS) is 19.1. The van der Waals surface area contributed by atoms with Gasteiger partial charge in [0.15, 0.2) is 0 Å². The minimum atomic E-state index is -5.19. The monoisotopic (exact) mass is 760 g/mol. The van der Waals surface area contributed by atoms with Crippen LogP contribution in [0.5, 0.6) is 0 Å². The maximum absolute atomic E-state index is 14.1. The molecule has 0 radical (unpaired) electrons. The van der Waals surface area contributed by atoms with Crippen LogP contribution >= 0.6 is 0 Å². The lowest BCUT2D eigenvalue weighted by atomic mass is 9.79. The van der Waals surface area contributed by atoms with Gasteiger partial charge in [-0.3, -0.25) is 14.3 Å². The van der Waals surface area contributed by atoms with E-state index in [2.05, 4.69) is 20.6 Å². The summed E-state index contributed by atoms with van der Waals surface area (Å²) in [4.78, 5) is 51.3. The molecule has 3 aliphatic heterocycles. The van der Waals surface area contributed by atoms with Crippen LogP contribution < -0.4 is 22.1 Å². The summed E-state index contributed by atoms with van der Waals surface area (Å²) in [6, 6.07) is 6.02. The van der Waals surface area contributed by atoms with Crippen molar-refractivity contribution in [3.8, 4) is 0 Å². The van der Waals surface area contributed by atoms with Gasteiger partial charge in [-0.1, -0.05) is 18.2 Å².